The van der Waals surface area contributed by atoms with Gasteiger partial charge < -0.3 is 10.1 Å². The lowest BCUT2D eigenvalue weighted by molar-refractivity contribution is -0.274. The van der Waals surface area contributed by atoms with Gasteiger partial charge in [0, 0.05) is 11.3 Å². The predicted octanol–water partition coefficient (Wildman–Crippen LogP) is 5.47. The minimum atomic E-state index is -4.72. The number of alkyl halides is 3. The minimum absolute atomic E-state index is 0.198. The summed E-state index contributed by atoms with van der Waals surface area (Å²) in [6.07, 6.45) is -3.00. The van der Waals surface area contributed by atoms with E-state index in [4.69, 9.17) is 0 Å². The van der Waals surface area contributed by atoms with E-state index in [0.717, 1.165) is 16.7 Å². The van der Waals surface area contributed by atoms with Crippen molar-refractivity contribution in [3.05, 3.63) is 59.7 Å². The summed E-state index contributed by atoms with van der Waals surface area (Å²) in [7, 11) is 0. The molecule has 0 spiro atoms. The molecule has 0 aliphatic rings. The average Bonchev–Trinajstić information content (AvgIpc) is 2.55. The molecule has 0 unspecified atom stereocenters. The second kappa shape index (κ2) is 7.42. The Hall–Kier alpha value is -2.76. The highest BCUT2D eigenvalue weighted by molar-refractivity contribution is 6.04. The lowest BCUT2D eigenvalue weighted by atomic mass is 9.99. The second-order valence-electron chi connectivity index (χ2n) is 5.48. The van der Waals surface area contributed by atoms with E-state index in [-0.39, 0.29) is 11.7 Å². The maximum atomic E-state index is 12.2. The zero-order valence-electron chi connectivity index (χ0n) is 14.1. The molecule has 0 heterocycles. The van der Waals surface area contributed by atoms with Crippen molar-refractivity contribution in [2.45, 2.75) is 27.1 Å². The number of hydrogen-bond acceptors (Lipinski definition) is 2. The van der Waals surface area contributed by atoms with Crippen LogP contribution in [0.5, 0.6) is 5.75 Å². The molecule has 2 rings (SSSR count). The molecule has 1 N–H and O–H groups in total. The quantitative estimate of drug-likeness (QED) is 0.744. The number of anilines is 1. The molecule has 3 nitrogen and oxygen atoms in total. The smallest absolute Gasteiger partial charge is 0.406 e. The van der Waals surface area contributed by atoms with Crippen LogP contribution in [0.1, 0.15) is 19.4 Å². The normalized spacial score (nSPS) is 12.0. The summed E-state index contributed by atoms with van der Waals surface area (Å²) in [5, 5.41) is 2.83. The van der Waals surface area contributed by atoms with Gasteiger partial charge in [0.2, 0.25) is 0 Å². The fourth-order valence-electron chi connectivity index (χ4n) is 2.27. The van der Waals surface area contributed by atoms with Crippen molar-refractivity contribution in [3.63, 3.8) is 0 Å². The number of halogens is 3. The third-order valence-electron chi connectivity index (χ3n) is 3.77. The van der Waals surface area contributed by atoms with Crippen LogP contribution >= 0.6 is 0 Å². The van der Waals surface area contributed by atoms with Crippen molar-refractivity contribution in [2.24, 2.45) is 0 Å². The van der Waals surface area contributed by atoms with Gasteiger partial charge in [-0.1, -0.05) is 30.3 Å². The van der Waals surface area contributed by atoms with E-state index in [1.807, 2.05) is 13.0 Å². The molecule has 2 aromatic rings. The zero-order chi connectivity index (χ0) is 18.6. The van der Waals surface area contributed by atoms with E-state index in [9.17, 15) is 18.0 Å². The number of ether oxygens (including phenoxy) is 1. The van der Waals surface area contributed by atoms with Crippen LogP contribution in [-0.2, 0) is 4.79 Å². The van der Waals surface area contributed by atoms with Gasteiger partial charge in [0.15, 0.2) is 0 Å². The number of rotatable bonds is 4. The Morgan fingerprint density at radius 1 is 1.12 bits per heavy atom. The highest BCUT2D eigenvalue weighted by Gasteiger charge is 2.30. The first-order chi connectivity index (χ1) is 11.7. The van der Waals surface area contributed by atoms with Crippen LogP contribution in [-0.4, -0.2) is 12.3 Å². The van der Waals surface area contributed by atoms with Gasteiger partial charge in [-0.25, -0.2) is 0 Å². The van der Waals surface area contributed by atoms with E-state index in [1.54, 1.807) is 44.2 Å². The molecule has 0 atom stereocenters. The molecule has 0 aliphatic carbocycles. The van der Waals surface area contributed by atoms with Crippen LogP contribution < -0.4 is 10.1 Å². The van der Waals surface area contributed by atoms with Crippen LogP contribution in [0.3, 0.4) is 0 Å². The van der Waals surface area contributed by atoms with Gasteiger partial charge in [0.1, 0.15) is 5.75 Å². The molecule has 0 saturated heterocycles. The lowest BCUT2D eigenvalue weighted by Crippen LogP contribution is -2.16. The maximum Gasteiger partial charge on any atom is 0.573 e. The van der Waals surface area contributed by atoms with Crippen LogP contribution in [0.25, 0.3) is 11.1 Å². The van der Waals surface area contributed by atoms with Crippen LogP contribution in [0, 0.1) is 6.92 Å². The van der Waals surface area contributed by atoms with Crippen LogP contribution in [0.4, 0.5) is 18.9 Å². The molecule has 0 radical (unpaired) electrons. The largest absolute Gasteiger partial charge is 0.573 e. The van der Waals surface area contributed by atoms with Gasteiger partial charge in [0.25, 0.3) is 5.91 Å². The van der Waals surface area contributed by atoms with Crippen LogP contribution in [0.15, 0.2) is 54.1 Å². The molecule has 6 heteroatoms. The van der Waals surface area contributed by atoms with Crippen molar-refractivity contribution >= 4 is 11.6 Å². The Morgan fingerprint density at radius 3 is 2.32 bits per heavy atom. The van der Waals surface area contributed by atoms with E-state index in [2.05, 4.69) is 10.1 Å². The van der Waals surface area contributed by atoms with E-state index < -0.39 is 6.36 Å². The summed E-state index contributed by atoms with van der Waals surface area (Å²) < 4.78 is 40.6. The molecule has 1 amide bonds. The summed E-state index contributed by atoms with van der Waals surface area (Å²) in [4.78, 5) is 12.0. The minimum Gasteiger partial charge on any atom is -0.406 e. The summed E-state index contributed by atoms with van der Waals surface area (Å²) in [6.45, 7) is 5.34. The molecule has 0 bridgehead atoms. The molecule has 132 valence electrons. The Morgan fingerprint density at radius 2 is 1.76 bits per heavy atom. The maximum absolute atomic E-state index is 12.2. The van der Waals surface area contributed by atoms with Gasteiger partial charge >= 0.3 is 6.36 Å². The van der Waals surface area contributed by atoms with Crippen molar-refractivity contribution in [3.8, 4) is 16.9 Å². The summed E-state index contributed by atoms with van der Waals surface area (Å²) in [5.41, 5.74) is 3.61. The fourth-order valence-corrected chi connectivity index (χ4v) is 2.27. The first-order valence-electron chi connectivity index (χ1n) is 7.61. The predicted molar refractivity (Wildman–Crippen MR) is 91.4 cm³/mol. The average molecular weight is 349 g/mol. The number of amides is 1. The third-order valence-corrected chi connectivity index (χ3v) is 3.77. The van der Waals surface area contributed by atoms with E-state index in [0.29, 0.717) is 11.3 Å². The summed E-state index contributed by atoms with van der Waals surface area (Å²) >= 11 is 0. The molecular weight excluding hydrogens is 331 g/mol. The highest BCUT2D eigenvalue weighted by atomic mass is 19.4. The van der Waals surface area contributed by atoms with E-state index in [1.165, 1.54) is 12.1 Å². The topological polar surface area (TPSA) is 38.3 Å². The van der Waals surface area contributed by atoms with Gasteiger partial charge in [0.05, 0.1) is 0 Å². The summed E-state index contributed by atoms with van der Waals surface area (Å²) in [6, 6.07) is 11.0. The highest BCUT2D eigenvalue weighted by Crippen LogP contribution is 2.31. The Kier molecular flexibility index (Phi) is 5.51. The Labute approximate surface area is 144 Å². The van der Waals surface area contributed by atoms with Gasteiger partial charge in [-0.15, -0.1) is 13.2 Å². The molecule has 0 fully saturated rings. The van der Waals surface area contributed by atoms with Crippen molar-refractivity contribution in [2.75, 3.05) is 5.32 Å². The first-order valence-corrected chi connectivity index (χ1v) is 7.61. The number of carbonyl (C=O) groups is 1. The molecule has 0 aromatic heterocycles. The van der Waals surface area contributed by atoms with Crippen molar-refractivity contribution in [1.29, 1.82) is 0 Å². The van der Waals surface area contributed by atoms with Crippen LogP contribution in [0.2, 0.25) is 0 Å². The molecule has 0 aliphatic heterocycles. The number of benzene rings is 2. The third kappa shape index (κ3) is 4.86. The van der Waals surface area contributed by atoms with Crippen molar-refractivity contribution < 1.29 is 22.7 Å². The van der Waals surface area contributed by atoms with E-state index >= 15 is 0 Å². The first kappa shape index (κ1) is 18.6. The number of carbonyl (C=O) groups excluding carboxylic acids is 1. The van der Waals surface area contributed by atoms with Crippen molar-refractivity contribution in [1.82, 2.24) is 0 Å². The Balaban J connectivity index is 2.28. The number of nitrogens with one attached hydrogen (secondary N) is 1. The standard InChI is InChI=1S/C19H18F3NO2/c1-4-12(2)18(24)23-17-7-5-6-16(13(17)3)14-8-10-15(11-9-14)25-19(20,21)22/h4-11H,1-3H3,(H,23,24). The molecule has 25 heavy (non-hydrogen) atoms. The molecule has 2 aromatic carbocycles. The lowest BCUT2D eigenvalue weighted by Gasteiger charge is -2.14. The number of hydrogen-bond donors (Lipinski definition) is 1. The SMILES string of the molecule is CC=C(C)C(=O)Nc1cccc(-c2ccc(OC(F)(F)F)cc2)c1C. The van der Waals surface area contributed by atoms with Gasteiger partial charge in [-0.05, 0) is 55.7 Å². The molecular formula is C19H18F3NO2. The number of allylic oxidation sites excluding steroid dienone is 1. The van der Waals surface area contributed by atoms with Gasteiger partial charge in [-0.3, -0.25) is 4.79 Å². The Bertz CT molecular complexity index is 793. The zero-order valence-corrected chi connectivity index (χ0v) is 14.1. The second-order valence-corrected chi connectivity index (χ2v) is 5.48. The monoisotopic (exact) mass is 349 g/mol. The fraction of sp³-hybridized carbons (Fsp3) is 0.211. The van der Waals surface area contributed by atoms with Gasteiger partial charge in [-0.2, -0.15) is 0 Å². The summed E-state index contributed by atoms with van der Waals surface area (Å²) in [5.74, 6) is -0.473. The molecule has 0 saturated carbocycles.